The molecule has 0 bridgehead atoms. The van der Waals surface area contributed by atoms with E-state index in [0.29, 0.717) is 39.6 Å². The first-order valence-electron chi connectivity index (χ1n) is 10.1. The Balaban J connectivity index is 1.62. The van der Waals surface area contributed by atoms with Crippen LogP contribution in [-0.2, 0) is 11.2 Å². The highest BCUT2D eigenvalue weighted by Crippen LogP contribution is 2.24. The van der Waals surface area contributed by atoms with Crippen LogP contribution in [0.25, 0.3) is 16.6 Å². The molecule has 4 rings (SSSR count). The first-order chi connectivity index (χ1) is 16.1. The van der Waals surface area contributed by atoms with Gasteiger partial charge < -0.3 is 10.1 Å². The molecule has 0 atom stereocenters. The van der Waals surface area contributed by atoms with Crippen LogP contribution in [0, 0.1) is 11.3 Å². The molecule has 0 unspecified atom stereocenters. The second kappa shape index (κ2) is 10.0. The van der Waals surface area contributed by atoms with Gasteiger partial charge in [0.2, 0.25) is 5.91 Å². The fourth-order valence-corrected chi connectivity index (χ4v) is 4.12. The van der Waals surface area contributed by atoms with Crippen LogP contribution >= 0.6 is 11.8 Å². The maximum absolute atomic E-state index is 13.3. The van der Waals surface area contributed by atoms with Gasteiger partial charge in [-0.05, 0) is 42.0 Å². The highest BCUT2D eigenvalue weighted by atomic mass is 32.2. The van der Waals surface area contributed by atoms with Crippen molar-refractivity contribution in [2.75, 3.05) is 18.2 Å². The minimum atomic E-state index is -0.229. The number of rotatable bonds is 7. The average molecular weight is 457 g/mol. The summed E-state index contributed by atoms with van der Waals surface area (Å²) in [6.07, 6.45) is 0.319. The minimum Gasteiger partial charge on any atom is -0.497 e. The highest BCUT2D eigenvalue weighted by molar-refractivity contribution is 7.99. The van der Waals surface area contributed by atoms with Crippen molar-refractivity contribution in [3.63, 3.8) is 0 Å². The van der Waals surface area contributed by atoms with Crippen molar-refractivity contribution in [3.05, 3.63) is 88.7 Å². The van der Waals surface area contributed by atoms with Crippen LogP contribution in [0.4, 0.5) is 5.69 Å². The molecule has 1 heterocycles. The van der Waals surface area contributed by atoms with Crippen LogP contribution in [0.15, 0.2) is 82.7 Å². The number of amides is 1. The lowest BCUT2D eigenvalue weighted by Crippen LogP contribution is -2.23. The zero-order valence-corrected chi connectivity index (χ0v) is 18.6. The van der Waals surface area contributed by atoms with Crippen molar-refractivity contribution >= 4 is 34.3 Å². The number of aromatic nitrogens is 2. The van der Waals surface area contributed by atoms with Crippen LogP contribution in [0.1, 0.15) is 5.56 Å². The molecule has 1 amide bonds. The molecular formula is C25H20N4O3S. The predicted molar refractivity (Wildman–Crippen MR) is 129 cm³/mol. The van der Waals surface area contributed by atoms with E-state index in [0.717, 1.165) is 5.56 Å². The van der Waals surface area contributed by atoms with Gasteiger partial charge in [0.1, 0.15) is 5.75 Å². The smallest absolute Gasteiger partial charge is 0.266 e. The van der Waals surface area contributed by atoms with Crippen molar-refractivity contribution in [2.45, 2.75) is 11.6 Å². The van der Waals surface area contributed by atoms with E-state index in [1.807, 2.05) is 6.07 Å². The van der Waals surface area contributed by atoms with E-state index in [9.17, 15) is 9.59 Å². The number of benzene rings is 3. The van der Waals surface area contributed by atoms with Crippen molar-refractivity contribution < 1.29 is 9.53 Å². The summed E-state index contributed by atoms with van der Waals surface area (Å²) < 4.78 is 6.81. The molecule has 164 valence electrons. The van der Waals surface area contributed by atoms with Gasteiger partial charge in [-0.15, -0.1) is 0 Å². The van der Waals surface area contributed by atoms with Gasteiger partial charge in [0.05, 0.1) is 41.9 Å². The largest absolute Gasteiger partial charge is 0.497 e. The summed E-state index contributed by atoms with van der Waals surface area (Å²) >= 11 is 1.18. The van der Waals surface area contributed by atoms with Gasteiger partial charge in [-0.1, -0.05) is 42.1 Å². The Morgan fingerprint density at radius 2 is 1.91 bits per heavy atom. The number of nitrogens with one attached hydrogen (secondary N) is 1. The molecule has 4 aromatic rings. The number of hydrogen-bond donors (Lipinski definition) is 1. The summed E-state index contributed by atoms with van der Waals surface area (Å²) in [6.45, 7) is 0. The molecule has 0 saturated carbocycles. The number of para-hydroxylation sites is 1. The minimum absolute atomic E-state index is 0.0642. The first-order valence-corrected chi connectivity index (χ1v) is 11.1. The van der Waals surface area contributed by atoms with Gasteiger partial charge in [0.15, 0.2) is 5.16 Å². The van der Waals surface area contributed by atoms with E-state index in [1.165, 1.54) is 16.3 Å². The number of methoxy groups -OCH3 is 1. The third-order valence-electron chi connectivity index (χ3n) is 4.91. The van der Waals surface area contributed by atoms with E-state index in [4.69, 9.17) is 10.00 Å². The molecular weight excluding hydrogens is 436 g/mol. The maximum atomic E-state index is 13.3. The van der Waals surface area contributed by atoms with Gasteiger partial charge in [-0.25, -0.2) is 4.98 Å². The Hall–Kier alpha value is -4.09. The molecule has 0 saturated heterocycles. The van der Waals surface area contributed by atoms with E-state index in [1.54, 1.807) is 73.8 Å². The Labute approximate surface area is 194 Å². The molecule has 3 aromatic carbocycles. The van der Waals surface area contributed by atoms with Gasteiger partial charge in [0, 0.05) is 11.8 Å². The molecule has 1 N–H and O–H groups in total. The lowest BCUT2D eigenvalue weighted by Gasteiger charge is -2.14. The summed E-state index contributed by atoms with van der Waals surface area (Å²) in [5.74, 6) is 0.447. The third kappa shape index (κ3) is 5.05. The summed E-state index contributed by atoms with van der Waals surface area (Å²) in [7, 11) is 1.56. The second-order valence-corrected chi connectivity index (χ2v) is 8.06. The maximum Gasteiger partial charge on any atom is 0.266 e. The van der Waals surface area contributed by atoms with Crippen molar-refractivity contribution in [1.82, 2.24) is 9.55 Å². The summed E-state index contributed by atoms with van der Waals surface area (Å²) in [4.78, 5) is 30.5. The fourth-order valence-electron chi connectivity index (χ4n) is 3.31. The molecule has 0 radical (unpaired) electrons. The van der Waals surface area contributed by atoms with Crippen molar-refractivity contribution in [3.8, 4) is 17.5 Å². The molecule has 8 heteroatoms. The Bertz CT molecular complexity index is 1410. The number of nitriles is 1. The van der Waals surface area contributed by atoms with Crippen LogP contribution in [-0.4, -0.2) is 28.3 Å². The molecule has 0 fully saturated rings. The summed E-state index contributed by atoms with van der Waals surface area (Å²) in [5, 5.41) is 12.5. The topological polar surface area (TPSA) is 97.0 Å². The lowest BCUT2D eigenvalue weighted by molar-refractivity contribution is -0.113. The standard InChI is InChI=1S/C25H20N4O3S/c1-32-20-6-4-5-19(15-20)29-24(31)21-7-2-3-8-22(21)28-25(29)33-16-23(30)27-18-11-9-17(10-12-18)13-14-26/h2-12,15H,13,16H2,1H3,(H,27,30). The van der Waals surface area contributed by atoms with Crippen molar-refractivity contribution in [2.24, 2.45) is 0 Å². The summed E-state index contributed by atoms with van der Waals surface area (Å²) in [6, 6.07) is 23.5. The quantitative estimate of drug-likeness (QED) is 0.331. The molecule has 0 spiro atoms. The van der Waals surface area contributed by atoms with Gasteiger partial charge in [-0.3, -0.25) is 14.2 Å². The fraction of sp³-hybridized carbons (Fsp3) is 0.120. The average Bonchev–Trinajstić information content (AvgIpc) is 2.84. The number of ether oxygens (including phenoxy) is 1. The monoisotopic (exact) mass is 456 g/mol. The third-order valence-corrected chi connectivity index (χ3v) is 5.85. The molecule has 7 nitrogen and oxygen atoms in total. The van der Waals surface area contributed by atoms with Crippen LogP contribution in [0.5, 0.6) is 5.75 Å². The number of hydrogen-bond acceptors (Lipinski definition) is 6. The first kappa shape index (κ1) is 22.1. The van der Waals surface area contributed by atoms with E-state index in [-0.39, 0.29) is 17.2 Å². The number of thioether (sulfide) groups is 1. The molecule has 0 aliphatic rings. The van der Waals surface area contributed by atoms with Crippen LogP contribution in [0.2, 0.25) is 0 Å². The molecule has 0 aliphatic heterocycles. The predicted octanol–water partition coefficient (Wildman–Crippen LogP) is 4.19. The van der Waals surface area contributed by atoms with E-state index >= 15 is 0 Å². The summed E-state index contributed by atoms with van der Waals surface area (Å²) in [5.41, 5.74) is 2.47. The molecule has 0 aliphatic carbocycles. The van der Waals surface area contributed by atoms with Gasteiger partial charge >= 0.3 is 0 Å². The zero-order valence-electron chi connectivity index (χ0n) is 17.8. The zero-order chi connectivity index (χ0) is 23.2. The van der Waals surface area contributed by atoms with Crippen LogP contribution in [0.3, 0.4) is 0 Å². The Morgan fingerprint density at radius 3 is 2.67 bits per heavy atom. The number of nitrogens with zero attached hydrogens (tertiary/aromatic N) is 3. The van der Waals surface area contributed by atoms with E-state index in [2.05, 4.69) is 16.4 Å². The second-order valence-electron chi connectivity index (χ2n) is 7.12. The number of fused-ring (bicyclic) bond motifs is 1. The molecule has 1 aromatic heterocycles. The van der Waals surface area contributed by atoms with E-state index < -0.39 is 0 Å². The number of carbonyl (C=O) groups excluding carboxylic acids is 1. The van der Waals surface area contributed by atoms with Gasteiger partial charge in [0.25, 0.3) is 5.56 Å². The SMILES string of the molecule is COc1cccc(-n2c(SCC(=O)Nc3ccc(CC#N)cc3)nc3ccccc3c2=O)c1. The van der Waals surface area contributed by atoms with Gasteiger partial charge in [-0.2, -0.15) is 5.26 Å². The normalized spacial score (nSPS) is 10.5. The van der Waals surface area contributed by atoms with Crippen molar-refractivity contribution in [1.29, 1.82) is 5.26 Å². The lowest BCUT2D eigenvalue weighted by atomic mass is 10.1. The molecule has 33 heavy (non-hydrogen) atoms. The van der Waals surface area contributed by atoms with Crippen LogP contribution < -0.4 is 15.6 Å². The Kier molecular flexibility index (Phi) is 6.72. The Morgan fingerprint density at radius 1 is 1.12 bits per heavy atom. The number of carbonyl (C=O) groups is 1. The number of anilines is 1. The highest BCUT2D eigenvalue weighted by Gasteiger charge is 2.15.